The fourth-order valence-electron chi connectivity index (χ4n) is 2.07. The summed E-state index contributed by atoms with van der Waals surface area (Å²) in [4.78, 5) is 21.7. The lowest BCUT2D eigenvalue weighted by molar-refractivity contribution is -0.384. The molecule has 2 amide bonds. The van der Waals surface area contributed by atoms with E-state index in [2.05, 4.69) is 10.6 Å². The summed E-state index contributed by atoms with van der Waals surface area (Å²) >= 11 is 0. The molecule has 8 nitrogen and oxygen atoms in total. The molecule has 2 aromatic carbocycles. The number of carbonyl (C=O) groups excluding carboxylic acids is 1. The summed E-state index contributed by atoms with van der Waals surface area (Å²) in [7, 11) is 0. The number of hydrogen-bond acceptors (Lipinski definition) is 5. The Morgan fingerprint density at radius 1 is 1.21 bits per heavy atom. The highest BCUT2D eigenvalue weighted by molar-refractivity contribution is 5.89. The minimum Gasteiger partial charge on any atom is -0.491 e. The number of nitro benzene ring substituents is 1. The fourth-order valence-corrected chi connectivity index (χ4v) is 2.07. The van der Waals surface area contributed by atoms with Crippen molar-refractivity contribution in [1.82, 2.24) is 5.32 Å². The smallest absolute Gasteiger partial charge is 0.416 e. The first-order valence-electron chi connectivity index (χ1n) is 7.92. The number of nitrogens with one attached hydrogen (secondary N) is 2. The van der Waals surface area contributed by atoms with Crippen LogP contribution in [0.15, 0.2) is 48.5 Å². The third kappa shape index (κ3) is 6.43. The van der Waals surface area contributed by atoms with E-state index in [1.54, 1.807) is 0 Å². The Kier molecular flexibility index (Phi) is 6.77. The molecule has 0 aliphatic carbocycles. The molecule has 0 aliphatic heterocycles. The van der Waals surface area contributed by atoms with E-state index in [1.807, 2.05) is 0 Å². The molecule has 0 aliphatic rings. The van der Waals surface area contributed by atoms with Gasteiger partial charge in [0.2, 0.25) is 0 Å². The number of benzene rings is 2. The number of nitro groups is 1. The van der Waals surface area contributed by atoms with Crippen LogP contribution < -0.4 is 15.4 Å². The van der Waals surface area contributed by atoms with Gasteiger partial charge in [-0.2, -0.15) is 13.2 Å². The third-order valence-electron chi connectivity index (χ3n) is 3.44. The van der Waals surface area contributed by atoms with Crippen molar-refractivity contribution in [3.63, 3.8) is 0 Å². The number of rotatable bonds is 7. The van der Waals surface area contributed by atoms with Gasteiger partial charge < -0.3 is 20.5 Å². The lowest BCUT2D eigenvalue weighted by Gasteiger charge is -2.15. The van der Waals surface area contributed by atoms with Crippen LogP contribution >= 0.6 is 0 Å². The van der Waals surface area contributed by atoms with Gasteiger partial charge in [-0.15, -0.1) is 0 Å². The van der Waals surface area contributed by atoms with Crippen molar-refractivity contribution in [3.8, 4) is 5.75 Å². The van der Waals surface area contributed by atoms with Crippen molar-refractivity contribution in [2.45, 2.75) is 12.3 Å². The largest absolute Gasteiger partial charge is 0.491 e. The van der Waals surface area contributed by atoms with E-state index in [-0.39, 0.29) is 24.6 Å². The molecule has 150 valence electrons. The van der Waals surface area contributed by atoms with Crippen molar-refractivity contribution < 1.29 is 32.7 Å². The molecule has 2 rings (SSSR count). The van der Waals surface area contributed by atoms with Gasteiger partial charge in [0.25, 0.3) is 5.69 Å². The van der Waals surface area contributed by atoms with E-state index in [4.69, 9.17) is 4.74 Å². The number of halogens is 3. The Morgan fingerprint density at radius 3 is 2.50 bits per heavy atom. The lowest BCUT2D eigenvalue weighted by Crippen LogP contribution is -2.37. The first kappa shape index (κ1) is 21.0. The van der Waals surface area contributed by atoms with Crippen molar-refractivity contribution in [2.75, 3.05) is 18.5 Å². The molecule has 0 radical (unpaired) electrons. The lowest BCUT2D eigenvalue weighted by atomic mass is 10.2. The SMILES string of the molecule is O=C(NCC(O)COc1cccc(C(F)(F)F)c1)Nc1ccc([N+](=O)[O-])cc1. The Hall–Kier alpha value is -3.34. The zero-order chi connectivity index (χ0) is 20.7. The van der Waals surface area contributed by atoms with Crippen LogP contribution in [-0.4, -0.2) is 35.3 Å². The van der Waals surface area contributed by atoms with Gasteiger partial charge in [0.05, 0.1) is 10.5 Å². The summed E-state index contributed by atoms with van der Waals surface area (Å²) in [5, 5.41) is 25.1. The highest BCUT2D eigenvalue weighted by Crippen LogP contribution is 2.31. The molecule has 1 unspecified atom stereocenters. The first-order chi connectivity index (χ1) is 13.1. The van der Waals surface area contributed by atoms with Crippen molar-refractivity contribution >= 4 is 17.4 Å². The highest BCUT2D eigenvalue weighted by atomic mass is 19.4. The van der Waals surface area contributed by atoms with E-state index >= 15 is 0 Å². The molecule has 2 aromatic rings. The zero-order valence-electron chi connectivity index (χ0n) is 14.3. The molecule has 0 bridgehead atoms. The van der Waals surface area contributed by atoms with Gasteiger partial charge in [-0.1, -0.05) is 6.07 Å². The van der Waals surface area contributed by atoms with Crippen LogP contribution in [0.5, 0.6) is 5.75 Å². The summed E-state index contributed by atoms with van der Waals surface area (Å²) in [6, 6.07) is 8.63. The summed E-state index contributed by atoms with van der Waals surface area (Å²) < 4.78 is 43.0. The number of hydrogen-bond donors (Lipinski definition) is 3. The maximum atomic E-state index is 12.6. The van der Waals surface area contributed by atoms with Gasteiger partial charge in [-0.05, 0) is 30.3 Å². The summed E-state index contributed by atoms with van der Waals surface area (Å²) in [6.45, 7) is -0.559. The Balaban J connectivity index is 1.76. The molecule has 0 saturated heterocycles. The maximum Gasteiger partial charge on any atom is 0.416 e. The van der Waals surface area contributed by atoms with Crippen LogP contribution in [0, 0.1) is 10.1 Å². The Bertz CT molecular complexity index is 828. The van der Waals surface area contributed by atoms with Gasteiger partial charge in [0.15, 0.2) is 0 Å². The number of non-ortho nitro benzene ring substituents is 1. The van der Waals surface area contributed by atoms with Crippen LogP contribution in [0.4, 0.5) is 29.3 Å². The second kappa shape index (κ2) is 9.04. The van der Waals surface area contributed by atoms with Crippen molar-refractivity contribution in [3.05, 3.63) is 64.2 Å². The van der Waals surface area contributed by atoms with E-state index in [0.29, 0.717) is 5.69 Å². The minimum absolute atomic E-state index is 0.0655. The molecule has 1 atom stereocenters. The molecule has 0 heterocycles. The standard InChI is InChI=1S/C17H16F3N3O5/c18-17(19,20)11-2-1-3-15(8-11)28-10-14(24)9-21-16(25)22-12-4-6-13(7-5-12)23(26)27/h1-8,14,24H,9-10H2,(H2,21,22,25). The minimum atomic E-state index is -4.50. The highest BCUT2D eigenvalue weighted by Gasteiger charge is 2.30. The van der Waals surface area contributed by atoms with Gasteiger partial charge in [-0.3, -0.25) is 10.1 Å². The van der Waals surface area contributed by atoms with Crippen LogP contribution in [0.2, 0.25) is 0 Å². The topological polar surface area (TPSA) is 114 Å². The van der Waals surface area contributed by atoms with Crippen LogP contribution in [0.1, 0.15) is 5.56 Å². The molecule has 0 aromatic heterocycles. The maximum absolute atomic E-state index is 12.6. The number of amides is 2. The van der Waals surface area contributed by atoms with Gasteiger partial charge in [0, 0.05) is 24.4 Å². The zero-order valence-corrected chi connectivity index (χ0v) is 14.3. The second-order valence-corrected chi connectivity index (χ2v) is 5.63. The number of ether oxygens (including phenoxy) is 1. The summed E-state index contributed by atoms with van der Waals surface area (Å²) in [5.74, 6) is -0.0655. The van der Waals surface area contributed by atoms with E-state index in [1.165, 1.54) is 36.4 Å². The Labute approximate surface area is 157 Å². The predicted octanol–water partition coefficient (Wildman–Crippen LogP) is 3.18. The summed E-state index contributed by atoms with van der Waals surface area (Å²) in [5.41, 5.74) is -0.703. The molecular weight excluding hydrogens is 383 g/mol. The number of carbonyl (C=O) groups is 1. The average molecular weight is 399 g/mol. The predicted molar refractivity (Wildman–Crippen MR) is 93.1 cm³/mol. The average Bonchev–Trinajstić information content (AvgIpc) is 2.64. The number of aliphatic hydroxyl groups is 1. The second-order valence-electron chi connectivity index (χ2n) is 5.63. The van der Waals surface area contributed by atoms with E-state index < -0.39 is 28.8 Å². The molecule has 0 spiro atoms. The molecule has 0 fully saturated rings. The molecule has 11 heteroatoms. The molecular formula is C17H16F3N3O5. The van der Waals surface area contributed by atoms with Crippen molar-refractivity contribution in [1.29, 1.82) is 0 Å². The van der Waals surface area contributed by atoms with Gasteiger partial charge >= 0.3 is 12.2 Å². The number of alkyl halides is 3. The summed E-state index contributed by atoms with van der Waals surface area (Å²) in [6.07, 6.45) is -5.67. The number of anilines is 1. The molecule has 0 saturated carbocycles. The molecule has 28 heavy (non-hydrogen) atoms. The first-order valence-corrected chi connectivity index (χ1v) is 7.92. The van der Waals surface area contributed by atoms with Crippen LogP contribution in [-0.2, 0) is 6.18 Å². The molecule has 3 N–H and O–H groups in total. The fraction of sp³-hybridized carbons (Fsp3) is 0.235. The van der Waals surface area contributed by atoms with Gasteiger partial charge in [0.1, 0.15) is 18.5 Å². The number of urea groups is 1. The Morgan fingerprint density at radius 2 is 1.89 bits per heavy atom. The number of nitrogens with zero attached hydrogens (tertiary/aromatic N) is 1. The number of aliphatic hydroxyl groups excluding tert-OH is 1. The van der Waals surface area contributed by atoms with Crippen LogP contribution in [0.3, 0.4) is 0 Å². The van der Waals surface area contributed by atoms with E-state index in [0.717, 1.165) is 12.1 Å². The third-order valence-corrected chi connectivity index (χ3v) is 3.44. The van der Waals surface area contributed by atoms with Crippen molar-refractivity contribution in [2.24, 2.45) is 0 Å². The van der Waals surface area contributed by atoms with Gasteiger partial charge in [-0.25, -0.2) is 4.79 Å². The van der Waals surface area contributed by atoms with Crippen LogP contribution in [0.25, 0.3) is 0 Å². The van der Waals surface area contributed by atoms with E-state index in [9.17, 15) is 33.2 Å². The quantitative estimate of drug-likeness (QED) is 0.489. The normalized spacial score (nSPS) is 12.1. The monoisotopic (exact) mass is 399 g/mol.